The highest BCUT2D eigenvalue weighted by molar-refractivity contribution is 9.10. The molecule has 0 aliphatic carbocycles. The molecule has 7 heteroatoms. The highest BCUT2D eigenvalue weighted by Gasteiger charge is 2.14. The normalized spacial score (nSPS) is 10.0. The van der Waals surface area contributed by atoms with Gasteiger partial charge in [-0.05, 0) is 34.1 Å². The van der Waals surface area contributed by atoms with E-state index in [0.29, 0.717) is 29.9 Å². The van der Waals surface area contributed by atoms with Crippen LogP contribution in [-0.2, 0) is 4.74 Å². The zero-order valence-electron chi connectivity index (χ0n) is 11.6. The van der Waals surface area contributed by atoms with Gasteiger partial charge in [0.05, 0.1) is 12.2 Å². The fourth-order valence-corrected chi connectivity index (χ4v) is 2.02. The summed E-state index contributed by atoms with van der Waals surface area (Å²) in [5.74, 6) is -1.07. The summed E-state index contributed by atoms with van der Waals surface area (Å²) in [6.07, 6.45) is 1.61. The largest absolute Gasteiger partial charge is 0.478 e. The van der Waals surface area contributed by atoms with Gasteiger partial charge in [-0.15, -0.1) is 6.58 Å². The summed E-state index contributed by atoms with van der Waals surface area (Å²) in [5, 5.41) is 11.7. The summed E-state index contributed by atoms with van der Waals surface area (Å²) in [5.41, 5.74) is 0.493. The van der Waals surface area contributed by atoms with E-state index in [2.05, 4.69) is 27.8 Å². The highest BCUT2D eigenvalue weighted by atomic mass is 79.9. The first kappa shape index (κ1) is 17.2. The number of anilines is 1. The molecular weight excluding hydrogens is 340 g/mol. The monoisotopic (exact) mass is 356 g/mol. The lowest BCUT2D eigenvalue weighted by atomic mass is 10.2. The van der Waals surface area contributed by atoms with Crippen molar-refractivity contribution < 1.29 is 19.4 Å². The molecule has 2 amide bonds. The highest BCUT2D eigenvalue weighted by Crippen LogP contribution is 2.21. The zero-order chi connectivity index (χ0) is 15.8. The van der Waals surface area contributed by atoms with Gasteiger partial charge in [-0.2, -0.15) is 0 Å². The Labute approximate surface area is 131 Å². The van der Waals surface area contributed by atoms with Crippen LogP contribution in [0.1, 0.15) is 10.4 Å². The lowest BCUT2D eigenvalue weighted by Gasteiger charge is -2.21. The van der Waals surface area contributed by atoms with Gasteiger partial charge in [-0.25, -0.2) is 9.59 Å². The number of nitrogens with one attached hydrogen (secondary N) is 1. The second-order valence-electron chi connectivity index (χ2n) is 4.16. The lowest BCUT2D eigenvalue weighted by molar-refractivity contribution is 0.0696. The third kappa shape index (κ3) is 5.20. The van der Waals surface area contributed by atoms with E-state index in [1.165, 1.54) is 11.0 Å². The zero-order valence-corrected chi connectivity index (χ0v) is 13.2. The molecule has 0 heterocycles. The van der Waals surface area contributed by atoms with E-state index < -0.39 is 5.97 Å². The van der Waals surface area contributed by atoms with Crippen molar-refractivity contribution in [2.75, 3.05) is 32.1 Å². The number of urea groups is 1. The van der Waals surface area contributed by atoms with Crippen molar-refractivity contribution in [3.8, 4) is 0 Å². The smallest absolute Gasteiger partial charge is 0.336 e. The number of aromatic carboxylic acids is 1. The molecule has 0 unspecified atom stereocenters. The molecule has 0 bridgehead atoms. The minimum atomic E-state index is -1.07. The molecule has 0 saturated carbocycles. The molecule has 2 N–H and O–H groups in total. The summed E-state index contributed by atoms with van der Waals surface area (Å²) in [7, 11) is 1.55. The third-order valence-corrected chi connectivity index (χ3v) is 3.34. The molecule has 1 aromatic rings. The van der Waals surface area contributed by atoms with Crippen LogP contribution in [0.4, 0.5) is 10.5 Å². The number of amides is 2. The van der Waals surface area contributed by atoms with Crippen molar-refractivity contribution in [1.82, 2.24) is 4.90 Å². The Balaban J connectivity index is 2.82. The number of carbonyl (C=O) groups excluding carboxylic acids is 1. The van der Waals surface area contributed by atoms with E-state index in [4.69, 9.17) is 9.84 Å². The van der Waals surface area contributed by atoms with Crippen LogP contribution in [0.25, 0.3) is 0 Å². The van der Waals surface area contributed by atoms with Crippen molar-refractivity contribution >= 4 is 33.6 Å². The van der Waals surface area contributed by atoms with Gasteiger partial charge in [-0.3, -0.25) is 0 Å². The minimum absolute atomic E-state index is 0.0833. The Hall–Kier alpha value is -1.86. The van der Waals surface area contributed by atoms with Crippen LogP contribution in [0.5, 0.6) is 0 Å². The first-order chi connectivity index (χ1) is 9.99. The fraction of sp³-hybridized carbons (Fsp3) is 0.286. The van der Waals surface area contributed by atoms with Gasteiger partial charge in [0.1, 0.15) is 0 Å². The number of hydrogen-bond donors (Lipinski definition) is 2. The van der Waals surface area contributed by atoms with Crippen molar-refractivity contribution in [2.45, 2.75) is 0 Å². The number of rotatable bonds is 7. The molecule has 114 valence electrons. The molecule has 0 atom stereocenters. The van der Waals surface area contributed by atoms with Crippen molar-refractivity contribution in [1.29, 1.82) is 0 Å². The third-order valence-electron chi connectivity index (χ3n) is 2.65. The van der Waals surface area contributed by atoms with E-state index in [-0.39, 0.29) is 11.6 Å². The van der Waals surface area contributed by atoms with Gasteiger partial charge >= 0.3 is 12.0 Å². The molecule has 0 fully saturated rings. The molecule has 0 radical (unpaired) electrons. The van der Waals surface area contributed by atoms with Crippen LogP contribution in [0.3, 0.4) is 0 Å². The molecule has 0 aliphatic heterocycles. The summed E-state index contributed by atoms with van der Waals surface area (Å²) < 4.78 is 5.40. The molecule has 1 aromatic carbocycles. The van der Waals surface area contributed by atoms with Gasteiger partial charge < -0.3 is 20.1 Å². The maximum Gasteiger partial charge on any atom is 0.336 e. The summed E-state index contributed by atoms with van der Waals surface area (Å²) in [6, 6.07) is 4.25. The number of carbonyl (C=O) groups is 2. The van der Waals surface area contributed by atoms with Crippen LogP contribution < -0.4 is 5.32 Å². The van der Waals surface area contributed by atoms with E-state index in [0.717, 1.165) is 0 Å². The number of benzene rings is 1. The van der Waals surface area contributed by atoms with Crippen molar-refractivity contribution in [2.24, 2.45) is 0 Å². The van der Waals surface area contributed by atoms with Crippen LogP contribution >= 0.6 is 15.9 Å². The quantitative estimate of drug-likeness (QED) is 0.736. The molecule has 6 nitrogen and oxygen atoms in total. The van der Waals surface area contributed by atoms with Crippen LogP contribution in [0.15, 0.2) is 35.3 Å². The number of halogens is 1. The molecule has 0 aliphatic rings. The molecule has 0 saturated heterocycles. The number of methoxy groups -OCH3 is 1. The second kappa shape index (κ2) is 8.43. The number of hydrogen-bond acceptors (Lipinski definition) is 3. The summed E-state index contributed by atoms with van der Waals surface area (Å²) in [4.78, 5) is 24.7. The van der Waals surface area contributed by atoms with Gasteiger partial charge in [0.2, 0.25) is 0 Å². The molecule has 21 heavy (non-hydrogen) atoms. The first-order valence-electron chi connectivity index (χ1n) is 6.18. The summed E-state index contributed by atoms with van der Waals surface area (Å²) >= 11 is 3.15. The summed E-state index contributed by atoms with van der Waals surface area (Å²) in [6.45, 7) is 4.79. The van der Waals surface area contributed by atoms with E-state index >= 15 is 0 Å². The first-order valence-corrected chi connectivity index (χ1v) is 6.97. The molecule has 1 rings (SSSR count). The SMILES string of the molecule is C=CCN(CCOC)C(=O)Nc1ccc(Br)c(C(=O)O)c1. The maximum absolute atomic E-state index is 12.1. The van der Waals surface area contributed by atoms with Gasteiger partial charge in [0.15, 0.2) is 0 Å². The molecule has 0 aromatic heterocycles. The lowest BCUT2D eigenvalue weighted by Crippen LogP contribution is -2.37. The molecular formula is C14H17BrN2O4. The number of ether oxygens (including phenoxy) is 1. The Morgan fingerprint density at radius 3 is 2.81 bits per heavy atom. The Bertz CT molecular complexity index is 534. The Kier molecular flexibility index (Phi) is 6.90. The van der Waals surface area contributed by atoms with Crippen LogP contribution in [0.2, 0.25) is 0 Å². The Morgan fingerprint density at radius 1 is 1.52 bits per heavy atom. The predicted molar refractivity (Wildman–Crippen MR) is 83.8 cm³/mol. The number of carboxylic acids is 1. The average molecular weight is 357 g/mol. The fourth-order valence-electron chi connectivity index (χ4n) is 1.60. The van der Waals surface area contributed by atoms with E-state index in [9.17, 15) is 9.59 Å². The number of nitrogens with zero attached hydrogens (tertiary/aromatic N) is 1. The van der Waals surface area contributed by atoms with Gasteiger partial charge in [-0.1, -0.05) is 6.08 Å². The maximum atomic E-state index is 12.1. The van der Waals surface area contributed by atoms with E-state index in [1.807, 2.05) is 0 Å². The predicted octanol–water partition coefficient (Wildman–Crippen LogP) is 2.81. The van der Waals surface area contributed by atoms with E-state index in [1.54, 1.807) is 25.3 Å². The molecule has 0 spiro atoms. The van der Waals surface area contributed by atoms with Gasteiger partial charge in [0.25, 0.3) is 0 Å². The van der Waals surface area contributed by atoms with Crippen molar-refractivity contribution in [3.63, 3.8) is 0 Å². The minimum Gasteiger partial charge on any atom is -0.478 e. The standard InChI is InChI=1S/C14H17BrN2O4/c1-3-6-17(7-8-21-2)14(20)16-10-4-5-12(15)11(9-10)13(18)19/h3-5,9H,1,6-8H2,2H3,(H,16,20)(H,18,19). The van der Waals surface area contributed by atoms with Crippen LogP contribution in [-0.4, -0.2) is 48.8 Å². The number of carboxylic acid groups (broad SMARTS) is 1. The topological polar surface area (TPSA) is 78.9 Å². The van der Waals surface area contributed by atoms with Gasteiger partial charge in [0, 0.05) is 30.4 Å². The Morgan fingerprint density at radius 2 is 2.24 bits per heavy atom. The average Bonchev–Trinajstić information content (AvgIpc) is 2.45. The second-order valence-corrected chi connectivity index (χ2v) is 5.01. The van der Waals surface area contributed by atoms with Crippen molar-refractivity contribution in [3.05, 3.63) is 40.9 Å². The van der Waals surface area contributed by atoms with Crippen LogP contribution in [0, 0.1) is 0 Å².